The lowest BCUT2D eigenvalue weighted by Crippen LogP contribution is -2.13. The van der Waals surface area contributed by atoms with Crippen molar-refractivity contribution in [3.63, 3.8) is 0 Å². The predicted octanol–water partition coefficient (Wildman–Crippen LogP) is 4.19. The molecule has 0 aliphatic carbocycles. The van der Waals surface area contributed by atoms with Gasteiger partial charge >= 0.3 is 6.18 Å². The lowest BCUT2D eigenvalue weighted by Gasteiger charge is -2.13. The fourth-order valence-electron chi connectivity index (χ4n) is 1.68. The van der Waals surface area contributed by atoms with Gasteiger partial charge in [0.2, 0.25) is 9.84 Å². The Labute approximate surface area is 118 Å². The quantitative estimate of drug-likeness (QED) is 0.831. The number of sulfone groups is 1. The normalized spacial score (nSPS) is 12.4. The second kappa shape index (κ2) is 5.10. The molecule has 2 nitrogen and oxygen atoms in total. The maximum atomic E-state index is 12.9. The Morgan fingerprint density at radius 2 is 1.45 bits per heavy atom. The average Bonchev–Trinajstić information content (AvgIpc) is 2.38. The first-order chi connectivity index (χ1) is 9.23. The van der Waals surface area contributed by atoms with Crippen LogP contribution in [0, 0.1) is 0 Å². The summed E-state index contributed by atoms with van der Waals surface area (Å²) in [6.45, 7) is 0. The summed E-state index contributed by atoms with van der Waals surface area (Å²) in [7, 11) is -4.25. The van der Waals surface area contributed by atoms with Gasteiger partial charge in [-0.2, -0.15) is 13.2 Å². The number of benzene rings is 2. The van der Waals surface area contributed by atoms with Gasteiger partial charge in [0.1, 0.15) is 0 Å². The molecule has 0 fully saturated rings. The van der Waals surface area contributed by atoms with Crippen LogP contribution in [0.4, 0.5) is 13.2 Å². The van der Waals surface area contributed by atoms with E-state index < -0.39 is 26.5 Å². The maximum absolute atomic E-state index is 12.9. The third-order valence-corrected chi connectivity index (χ3v) is 4.69. The molecule has 0 saturated carbocycles. The van der Waals surface area contributed by atoms with E-state index in [1.807, 2.05) is 0 Å². The van der Waals surface area contributed by atoms with Gasteiger partial charge in [-0.1, -0.05) is 23.7 Å². The monoisotopic (exact) mass is 320 g/mol. The van der Waals surface area contributed by atoms with Crippen molar-refractivity contribution in [2.24, 2.45) is 0 Å². The molecule has 2 aromatic carbocycles. The van der Waals surface area contributed by atoms with E-state index in [1.165, 1.54) is 30.3 Å². The first kappa shape index (κ1) is 14.9. The molecule has 0 aromatic heterocycles. The van der Waals surface area contributed by atoms with Crippen LogP contribution < -0.4 is 0 Å². The zero-order valence-corrected chi connectivity index (χ0v) is 11.4. The van der Waals surface area contributed by atoms with E-state index in [9.17, 15) is 21.6 Å². The van der Waals surface area contributed by atoms with E-state index in [1.54, 1.807) is 0 Å². The number of halogens is 4. The van der Waals surface area contributed by atoms with Crippen molar-refractivity contribution < 1.29 is 21.6 Å². The molecule has 0 N–H and O–H groups in total. The van der Waals surface area contributed by atoms with Gasteiger partial charge in [-0.3, -0.25) is 0 Å². The molecule has 2 aromatic rings. The number of rotatable bonds is 2. The summed E-state index contributed by atoms with van der Waals surface area (Å²) in [6.07, 6.45) is -4.74. The number of alkyl halides is 3. The van der Waals surface area contributed by atoms with Crippen LogP contribution in [-0.2, 0) is 16.0 Å². The Bertz CT molecular complexity index is 722. The molecule has 0 saturated heterocycles. The van der Waals surface area contributed by atoms with Gasteiger partial charge in [-0.15, -0.1) is 0 Å². The molecule has 0 amide bonds. The molecular weight excluding hydrogens is 313 g/mol. The first-order valence-corrected chi connectivity index (χ1v) is 7.26. The second-order valence-corrected chi connectivity index (χ2v) is 6.31. The molecular formula is C13H8ClF3O2S. The van der Waals surface area contributed by atoms with E-state index in [2.05, 4.69) is 0 Å². The Balaban J connectivity index is 2.64. The summed E-state index contributed by atoms with van der Waals surface area (Å²) in [5.74, 6) is 0. The summed E-state index contributed by atoms with van der Waals surface area (Å²) in [5, 5.41) is 0.299. The summed E-state index contributed by atoms with van der Waals surface area (Å²) in [4.78, 5) is -1.01. The van der Waals surface area contributed by atoms with Crippen molar-refractivity contribution in [3.05, 3.63) is 59.1 Å². The summed E-state index contributed by atoms with van der Waals surface area (Å²) < 4.78 is 63.2. The van der Waals surface area contributed by atoms with Crippen LogP contribution in [-0.4, -0.2) is 8.42 Å². The van der Waals surface area contributed by atoms with Crippen molar-refractivity contribution in [2.45, 2.75) is 16.0 Å². The summed E-state index contributed by atoms with van der Waals surface area (Å²) >= 11 is 5.64. The molecule has 106 valence electrons. The predicted molar refractivity (Wildman–Crippen MR) is 68.3 cm³/mol. The second-order valence-electron chi connectivity index (χ2n) is 3.95. The molecule has 2 rings (SSSR count). The zero-order chi connectivity index (χ0) is 15.0. The minimum atomic E-state index is -4.74. The summed E-state index contributed by atoms with van der Waals surface area (Å²) in [5.41, 5.74) is -1.19. The Morgan fingerprint density at radius 1 is 0.900 bits per heavy atom. The molecule has 0 atom stereocenters. The van der Waals surface area contributed by atoms with Gasteiger partial charge in [0.05, 0.1) is 15.4 Å². The number of hydrogen-bond acceptors (Lipinski definition) is 2. The highest BCUT2D eigenvalue weighted by Gasteiger charge is 2.37. The fourth-order valence-corrected chi connectivity index (χ4v) is 3.28. The largest absolute Gasteiger partial charge is 0.417 e. The van der Waals surface area contributed by atoms with Gasteiger partial charge in [0.25, 0.3) is 0 Å². The highest BCUT2D eigenvalue weighted by molar-refractivity contribution is 7.91. The molecule has 7 heteroatoms. The zero-order valence-electron chi connectivity index (χ0n) is 9.86. The average molecular weight is 321 g/mol. The maximum Gasteiger partial charge on any atom is 0.417 e. The Kier molecular flexibility index (Phi) is 3.80. The van der Waals surface area contributed by atoms with E-state index in [4.69, 9.17) is 11.6 Å². The van der Waals surface area contributed by atoms with Crippen LogP contribution in [0.15, 0.2) is 58.3 Å². The van der Waals surface area contributed by atoms with Crippen molar-refractivity contribution >= 4 is 21.4 Å². The van der Waals surface area contributed by atoms with Gasteiger partial charge < -0.3 is 0 Å². The van der Waals surface area contributed by atoms with Crippen LogP contribution in [0.5, 0.6) is 0 Å². The van der Waals surface area contributed by atoms with Gasteiger partial charge in [0.15, 0.2) is 0 Å². The lowest BCUT2D eigenvalue weighted by atomic mass is 10.2. The van der Waals surface area contributed by atoms with Crippen molar-refractivity contribution in [1.82, 2.24) is 0 Å². The van der Waals surface area contributed by atoms with Crippen molar-refractivity contribution in [3.8, 4) is 0 Å². The van der Waals surface area contributed by atoms with Gasteiger partial charge in [0, 0.05) is 5.02 Å². The highest BCUT2D eigenvalue weighted by atomic mass is 35.5. The van der Waals surface area contributed by atoms with Crippen molar-refractivity contribution in [1.29, 1.82) is 0 Å². The fraction of sp³-hybridized carbons (Fsp3) is 0.0769. The lowest BCUT2D eigenvalue weighted by molar-refractivity contribution is -0.139. The molecule has 20 heavy (non-hydrogen) atoms. The Hall–Kier alpha value is -1.53. The van der Waals surface area contributed by atoms with Crippen molar-refractivity contribution in [2.75, 3.05) is 0 Å². The van der Waals surface area contributed by atoms with E-state index >= 15 is 0 Å². The smallest absolute Gasteiger partial charge is 0.218 e. The van der Waals surface area contributed by atoms with E-state index in [0.717, 1.165) is 18.2 Å². The standard InChI is InChI=1S/C13H8ClF3O2S/c14-9-5-7-10(8-6-9)20(18,19)12-4-2-1-3-11(12)13(15,16)17/h1-8H. The third kappa shape index (κ3) is 2.81. The van der Waals surface area contributed by atoms with E-state index in [-0.39, 0.29) is 4.90 Å². The molecule has 0 aliphatic heterocycles. The number of hydrogen-bond donors (Lipinski definition) is 0. The van der Waals surface area contributed by atoms with Crippen LogP contribution in [0.2, 0.25) is 5.02 Å². The van der Waals surface area contributed by atoms with Crippen LogP contribution in [0.25, 0.3) is 0 Å². The molecule has 0 unspecified atom stereocenters. The Morgan fingerprint density at radius 3 is 2.00 bits per heavy atom. The molecule has 0 bridgehead atoms. The topological polar surface area (TPSA) is 34.1 Å². The summed E-state index contributed by atoms with van der Waals surface area (Å²) in [6, 6.07) is 9.03. The van der Waals surface area contributed by atoms with Gasteiger partial charge in [-0.25, -0.2) is 8.42 Å². The minimum Gasteiger partial charge on any atom is -0.218 e. The SMILES string of the molecule is O=S(=O)(c1ccc(Cl)cc1)c1ccccc1C(F)(F)F. The van der Waals surface area contributed by atoms with Gasteiger partial charge in [-0.05, 0) is 36.4 Å². The van der Waals surface area contributed by atoms with Crippen LogP contribution in [0.1, 0.15) is 5.56 Å². The minimum absolute atomic E-state index is 0.237. The first-order valence-electron chi connectivity index (χ1n) is 5.40. The highest BCUT2D eigenvalue weighted by Crippen LogP contribution is 2.36. The molecule has 0 spiro atoms. The van der Waals surface area contributed by atoms with Crippen LogP contribution in [0.3, 0.4) is 0 Å². The third-order valence-electron chi connectivity index (χ3n) is 2.61. The van der Waals surface area contributed by atoms with Crippen LogP contribution >= 0.6 is 11.6 Å². The molecule has 0 aliphatic rings. The van der Waals surface area contributed by atoms with E-state index in [0.29, 0.717) is 5.02 Å². The molecule has 0 radical (unpaired) electrons. The molecule has 0 heterocycles.